The molecule has 0 saturated carbocycles. The quantitative estimate of drug-likeness (QED) is 0.818. The van der Waals surface area contributed by atoms with E-state index in [1.165, 1.54) is 12.8 Å². The molecule has 0 bridgehead atoms. The van der Waals surface area contributed by atoms with Crippen LogP contribution in [0.4, 0.5) is 0 Å². The SMILES string of the molecule is COc1ccc(-n2c(CN)nnc2SC[C@H]2CCCCO2)cc1. The van der Waals surface area contributed by atoms with E-state index in [-0.39, 0.29) is 0 Å². The highest BCUT2D eigenvalue weighted by Gasteiger charge is 2.18. The van der Waals surface area contributed by atoms with Crippen LogP contribution in [0, 0.1) is 0 Å². The van der Waals surface area contributed by atoms with Gasteiger partial charge in [-0.2, -0.15) is 0 Å². The summed E-state index contributed by atoms with van der Waals surface area (Å²) in [6.07, 6.45) is 3.83. The minimum Gasteiger partial charge on any atom is -0.497 e. The van der Waals surface area contributed by atoms with Crippen LogP contribution in [0.25, 0.3) is 5.69 Å². The fourth-order valence-corrected chi connectivity index (χ4v) is 3.66. The molecule has 7 heteroatoms. The largest absolute Gasteiger partial charge is 0.497 e. The van der Waals surface area contributed by atoms with Crippen LogP contribution in [0.5, 0.6) is 5.75 Å². The van der Waals surface area contributed by atoms with E-state index in [9.17, 15) is 0 Å². The molecule has 3 rings (SSSR count). The highest BCUT2D eigenvalue weighted by atomic mass is 32.2. The van der Waals surface area contributed by atoms with E-state index in [0.717, 1.165) is 41.2 Å². The van der Waals surface area contributed by atoms with Crippen molar-refractivity contribution in [2.24, 2.45) is 5.73 Å². The zero-order valence-electron chi connectivity index (χ0n) is 13.3. The van der Waals surface area contributed by atoms with Gasteiger partial charge >= 0.3 is 0 Å². The molecule has 6 nitrogen and oxygen atoms in total. The van der Waals surface area contributed by atoms with Crippen molar-refractivity contribution in [3.8, 4) is 11.4 Å². The lowest BCUT2D eigenvalue weighted by atomic mass is 10.1. The smallest absolute Gasteiger partial charge is 0.195 e. The van der Waals surface area contributed by atoms with Crippen LogP contribution in [-0.4, -0.2) is 40.3 Å². The minimum absolute atomic E-state index is 0.302. The number of ether oxygens (including phenoxy) is 2. The normalized spacial score (nSPS) is 18.1. The van der Waals surface area contributed by atoms with Crippen LogP contribution in [0.2, 0.25) is 0 Å². The van der Waals surface area contributed by atoms with Crippen LogP contribution in [0.1, 0.15) is 25.1 Å². The zero-order valence-corrected chi connectivity index (χ0v) is 14.1. The predicted molar refractivity (Wildman–Crippen MR) is 90.1 cm³/mol. The van der Waals surface area contributed by atoms with Gasteiger partial charge in [0.1, 0.15) is 5.75 Å². The van der Waals surface area contributed by atoms with E-state index < -0.39 is 0 Å². The summed E-state index contributed by atoms with van der Waals surface area (Å²) in [7, 11) is 1.66. The standard InChI is InChI=1S/C16H22N4O2S/c1-21-13-7-5-12(6-8-13)20-15(10-17)18-19-16(20)23-11-14-4-2-3-9-22-14/h5-8,14H,2-4,9-11,17H2,1H3/t14-/m1/s1. The molecule has 0 spiro atoms. The Morgan fingerprint density at radius 1 is 1.30 bits per heavy atom. The van der Waals surface area contributed by atoms with Crippen LogP contribution >= 0.6 is 11.8 Å². The fraction of sp³-hybridized carbons (Fsp3) is 0.500. The van der Waals surface area contributed by atoms with Gasteiger partial charge in [0, 0.05) is 18.0 Å². The van der Waals surface area contributed by atoms with Gasteiger partial charge in [-0.1, -0.05) is 11.8 Å². The van der Waals surface area contributed by atoms with Gasteiger partial charge in [0.15, 0.2) is 11.0 Å². The maximum Gasteiger partial charge on any atom is 0.195 e. The Balaban J connectivity index is 1.78. The molecule has 1 aliphatic heterocycles. The third kappa shape index (κ3) is 3.85. The maximum atomic E-state index is 5.81. The number of methoxy groups -OCH3 is 1. The number of nitrogens with two attached hydrogens (primary N) is 1. The number of benzene rings is 1. The molecule has 1 atom stereocenters. The first-order valence-electron chi connectivity index (χ1n) is 7.85. The van der Waals surface area contributed by atoms with Crippen molar-refractivity contribution in [1.29, 1.82) is 0 Å². The number of thioether (sulfide) groups is 1. The maximum absolute atomic E-state index is 5.81. The molecule has 1 fully saturated rings. The van der Waals surface area contributed by atoms with Gasteiger partial charge in [-0.05, 0) is 43.5 Å². The van der Waals surface area contributed by atoms with E-state index in [0.29, 0.717) is 12.6 Å². The number of aromatic nitrogens is 3. The fourth-order valence-electron chi connectivity index (χ4n) is 2.62. The molecule has 2 aromatic rings. The van der Waals surface area contributed by atoms with E-state index in [1.807, 2.05) is 28.8 Å². The molecule has 124 valence electrons. The molecule has 1 aromatic carbocycles. The molecule has 0 radical (unpaired) electrons. The molecule has 0 unspecified atom stereocenters. The molecule has 0 aliphatic carbocycles. The molecule has 0 amide bonds. The first kappa shape index (κ1) is 16.3. The summed E-state index contributed by atoms with van der Waals surface area (Å²) in [5.41, 5.74) is 6.80. The Bertz CT molecular complexity index is 624. The number of rotatable bonds is 6. The van der Waals surface area contributed by atoms with Crippen molar-refractivity contribution in [2.45, 2.75) is 37.1 Å². The van der Waals surface area contributed by atoms with Crippen molar-refractivity contribution in [2.75, 3.05) is 19.5 Å². The Morgan fingerprint density at radius 2 is 2.13 bits per heavy atom. The molecule has 1 aromatic heterocycles. The summed E-state index contributed by atoms with van der Waals surface area (Å²) in [6.45, 7) is 1.21. The molecule has 23 heavy (non-hydrogen) atoms. The van der Waals surface area contributed by atoms with Gasteiger partial charge in [-0.25, -0.2) is 0 Å². The first-order valence-corrected chi connectivity index (χ1v) is 8.83. The third-order valence-electron chi connectivity index (χ3n) is 3.89. The second kappa shape index (κ2) is 7.81. The average Bonchev–Trinajstić information content (AvgIpc) is 3.04. The molecule has 1 aliphatic rings. The van der Waals surface area contributed by atoms with E-state index in [1.54, 1.807) is 18.9 Å². The second-order valence-electron chi connectivity index (χ2n) is 5.44. The monoisotopic (exact) mass is 334 g/mol. The Morgan fingerprint density at radius 3 is 2.78 bits per heavy atom. The van der Waals surface area contributed by atoms with Crippen LogP contribution in [0.3, 0.4) is 0 Å². The van der Waals surface area contributed by atoms with Gasteiger partial charge in [-0.3, -0.25) is 4.57 Å². The summed E-state index contributed by atoms with van der Waals surface area (Å²) in [6, 6.07) is 7.83. The number of hydrogen-bond acceptors (Lipinski definition) is 6. The van der Waals surface area contributed by atoms with Gasteiger partial charge in [0.2, 0.25) is 0 Å². The molecule has 2 N–H and O–H groups in total. The van der Waals surface area contributed by atoms with E-state index in [2.05, 4.69) is 10.2 Å². The van der Waals surface area contributed by atoms with Crippen molar-refractivity contribution in [3.05, 3.63) is 30.1 Å². The summed E-state index contributed by atoms with van der Waals surface area (Å²) in [5, 5.41) is 9.36. The Kier molecular flexibility index (Phi) is 5.53. The minimum atomic E-state index is 0.302. The molecular weight excluding hydrogens is 312 g/mol. The Hall–Kier alpha value is -1.57. The lowest BCUT2D eigenvalue weighted by Crippen LogP contribution is -2.21. The summed E-state index contributed by atoms with van der Waals surface area (Å²) in [4.78, 5) is 0. The molecular formula is C16H22N4O2S. The topological polar surface area (TPSA) is 75.2 Å². The van der Waals surface area contributed by atoms with E-state index >= 15 is 0 Å². The zero-order chi connectivity index (χ0) is 16.1. The third-order valence-corrected chi connectivity index (χ3v) is 4.95. The van der Waals surface area contributed by atoms with Crippen molar-refractivity contribution in [3.63, 3.8) is 0 Å². The highest BCUT2D eigenvalue weighted by molar-refractivity contribution is 7.99. The summed E-state index contributed by atoms with van der Waals surface area (Å²) >= 11 is 1.67. The van der Waals surface area contributed by atoms with Gasteiger partial charge in [-0.15, -0.1) is 10.2 Å². The van der Waals surface area contributed by atoms with Crippen molar-refractivity contribution in [1.82, 2.24) is 14.8 Å². The van der Waals surface area contributed by atoms with Gasteiger partial charge in [0.25, 0.3) is 0 Å². The first-order chi connectivity index (χ1) is 11.3. The van der Waals surface area contributed by atoms with Crippen molar-refractivity contribution < 1.29 is 9.47 Å². The molecule has 1 saturated heterocycles. The summed E-state index contributed by atoms with van der Waals surface area (Å²) in [5.74, 6) is 2.46. The molecule has 2 heterocycles. The Labute approximate surface area is 140 Å². The summed E-state index contributed by atoms with van der Waals surface area (Å²) < 4.78 is 13.0. The second-order valence-corrected chi connectivity index (χ2v) is 6.42. The lowest BCUT2D eigenvalue weighted by molar-refractivity contribution is 0.0315. The average molecular weight is 334 g/mol. The number of nitrogens with zero attached hydrogens (tertiary/aromatic N) is 3. The number of hydrogen-bond donors (Lipinski definition) is 1. The van der Waals surface area contributed by atoms with Crippen molar-refractivity contribution >= 4 is 11.8 Å². The van der Waals surface area contributed by atoms with Gasteiger partial charge < -0.3 is 15.2 Å². The van der Waals surface area contributed by atoms with Crippen LogP contribution < -0.4 is 10.5 Å². The lowest BCUT2D eigenvalue weighted by Gasteiger charge is -2.22. The van der Waals surface area contributed by atoms with Gasteiger partial charge in [0.05, 0.1) is 19.8 Å². The predicted octanol–water partition coefficient (Wildman–Crippen LogP) is 2.40. The highest BCUT2D eigenvalue weighted by Crippen LogP contribution is 2.26. The van der Waals surface area contributed by atoms with Crippen LogP contribution in [-0.2, 0) is 11.3 Å². The van der Waals surface area contributed by atoms with E-state index in [4.69, 9.17) is 15.2 Å². The van der Waals surface area contributed by atoms with Crippen LogP contribution in [0.15, 0.2) is 29.4 Å².